The molecular weight excluding hydrogens is 392 g/mol. The number of amides is 1. The highest BCUT2D eigenvalue weighted by atomic mass is 79.9. The minimum atomic E-state index is -0.340. The fraction of sp³-hybridized carbons (Fsp3) is 0.222. The quantitative estimate of drug-likeness (QED) is 0.552. The fourth-order valence-electron chi connectivity index (χ4n) is 1.93. The third kappa shape index (κ3) is 5.65. The lowest BCUT2D eigenvalue weighted by Crippen LogP contribution is -2.24. The Balaban J connectivity index is 1.85. The van der Waals surface area contributed by atoms with Crippen LogP contribution in [0.5, 0.6) is 5.75 Å². The maximum Gasteiger partial charge on any atom is 0.277 e. The lowest BCUT2D eigenvalue weighted by atomic mass is 10.0. The van der Waals surface area contributed by atoms with Crippen molar-refractivity contribution in [3.8, 4) is 5.75 Å². The van der Waals surface area contributed by atoms with Crippen molar-refractivity contribution >= 4 is 39.7 Å². The van der Waals surface area contributed by atoms with Crippen LogP contribution in [0.3, 0.4) is 0 Å². The highest BCUT2D eigenvalue weighted by Gasteiger charge is 2.07. The molecule has 0 heterocycles. The molecule has 0 saturated heterocycles. The predicted molar refractivity (Wildman–Crippen MR) is 101 cm³/mol. The molecule has 6 heteroatoms. The van der Waals surface area contributed by atoms with E-state index in [9.17, 15) is 4.79 Å². The first-order valence-corrected chi connectivity index (χ1v) is 8.62. The number of nitrogens with zero attached hydrogens (tertiary/aromatic N) is 1. The van der Waals surface area contributed by atoms with E-state index >= 15 is 0 Å². The van der Waals surface area contributed by atoms with E-state index in [0.29, 0.717) is 16.7 Å². The first-order chi connectivity index (χ1) is 11.5. The van der Waals surface area contributed by atoms with Gasteiger partial charge in [0.1, 0.15) is 5.75 Å². The molecule has 0 radical (unpaired) electrons. The number of rotatable bonds is 6. The highest BCUT2D eigenvalue weighted by Crippen LogP contribution is 2.28. The van der Waals surface area contributed by atoms with Crippen molar-refractivity contribution in [3.63, 3.8) is 0 Å². The number of halogens is 2. The molecule has 2 aromatic rings. The molecule has 4 nitrogen and oxygen atoms in total. The number of carbonyl (C=O) groups is 1. The Morgan fingerprint density at radius 2 is 2.12 bits per heavy atom. The summed E-state index contributed by atoms with van der Waals surface area (Å²) in [6.07, 6.45) is 1.52. The Morgan fingerprint density at radius 3 is 2.79 bits per heavy atom. The van der Waals surface area contributed by atoms with Crippen LogP contribution in [0.2, 0.25) is 5.02 Å². The average molecular weight is 410 g/mol. The monoisotopic (exact) mass is 408 g/mol. The molecule has 0 atom stereocenters. The highest BCUT2D eigenvalue weighted by molar-refractivity contribution is 9.10. The second-order valence-electron chi connectivity index (χ2n) is 5.48. The third-order valence-electron chi connectivity index (χ3n) is 3.23. The van der Waals surface area contributed by atoms with Crippen molar-refractivity contribution in [2.24, 2.45) is 5.10 Å². The molecule has 0 spiro atoms. The third-order valence-corrected chi connectivity index (χ3v) is 4.09. The molecule has 0 aliphatic heterocycles. The van der Waals surface area contributed by atoms with Crippen molar-refractivity contribution in [3.05, 3.63) is 63.1 Å². The van der Waals surface area contributed by atoms with Gasteiger partial charge in [0.2, 0.25) is 0 Å². The minimum Gasteiger partial charge on any atom is -0.483 e. The summed E-state index contributed by atoms with van der Waals surface area (Å²) in [5.41, 5.74) is 4.42. The van der Waals surface area contributed by atoms with Gasteiger partial charge >= 0.3 is 0 Å². The Morgan fingerprint density at radius 1 is 1.33 bits per heavy atom. The predicted octanol–water partition coefficient (Wildman–Crippen LogP) is 4.76. The summed E-state index contributed by atoms with van der Waals surface area (Å²) in [6, 6.07) is 13.0. The van der Waals surface area contributed by atoms with Gasteiger partial charge in [-0.3, -0.25) is 4.79 Å². The van der Waals surface area contributed by atoms with Gasteiger partial charge in [-0.05, 0) is 57.2 Å². The molecule has 0 aromatic heterocycles. The summed E-state index contributed by atoms with van der Waals surface area (Å²) in [5.74, 6) is 0.709. The van der Waals surface area contributed by atoms with E-state index in [4.69, 9.17) is 16.3 Å². The van der Waals surface area contributed by atoms with Gasteiger partial charge in [-0.25, -0.2) is 5.43 Å². The maximum absolute atomic E-state index is 11.8. The fourth-order valence-corrected chi connectivity index (χ4v) is 2.64. The molecule has 2 aromatic carbocycles. The van der Waals surface area contributed by atoms with Crippen molar-refractivity contribution < 1.29 is 9.53 Å². The number of carbonyl (C=O) groups excluding carboxylic acids is 1. The minimum absolute atomic E-state index is 0.119. The largest absolute Gasteiger partial charge is 0.483 e. The van der Waals surface area contributed by atoms with Gasteiger partial charge < -0.3 is 4.74 Å². The summed E-state index contributed by atoms with van der Waals surface area (Å²) in [7, 11) is 0. The smallest absolute Gasteiger partial charge is 0.277 e. The topological polar surface area (TPSA) is 50.7 Å². The molecule has 0 unspecified atom stereocenters. The molecule has 2 rings (SSSR count). The van der Waals surface area contributed by atoms with Crippen LogP contribution < -0.4 is 10.2 Å². The number of hydrazone groups is 1. The Bertz CT molecular complexity index is 748. The molecule has 1 amide bonds. The maximum atomic E-state index is 11.8. The lowest BCUT2D eigenvalue weighted by Gasteiger charge is -2.10. The molecule has 0 aliphatic carbocycles. The van der Waals surface area contributed by atoms with E-state index in [2.05, 4.69) is 40.3 Å². The van der Waals surface area contributed by atoms with Gasteiger partial charge in [-0.2, -0.15) is 5.10 Å². The molecular formula is C18H18BrClN2O2. The van der Waals surface area contributed by atoms with Crippen LogP contribution in [0.25, 0.3) is 0 Å². The van der Waals surface area contributed by atoms with Crippen LogP contribution in [0.4, 0.5) is 0 Å². The van der Waals surface area contributed by atoms with E-state index in [1.807, 2.05) is 30.3 Å². The van der Waals surface area contributed by atoms with E-state index in [-0.39, 0.29) is 12.5 Å². The van der Waals surface area contributed by atoms with Gasteiger partial charge in [-0.1, -0.05) is 43.6 Å². The van der Waals surface area contributed by atoms with Crippen LogP contribution >= 0.6 is 27.5 Å². The summed E-state index contributed by atoms with van der Waals surface area (Å²) in [4.78, 5) is 11.8. The van der Waals surface area contributed by atoms with Crippen molar-refractivity contribution in [2.45, 2.75) is 19.8 Å². The standard InChI is InChI=1S/C18H18BrClN2O2/c1-12(2)14-6-7-17(16(19)9-14)24-11-18(23)22-21-10-13-4-3-5-15(20)8-13/h3-10,12H,11H2,1-2H3,(H,22,23)/b21-10+. The SMILES string of the molecule is CC(C)c1ccc(OCC(=O)N/N=C/c2cccc(Cl)c2)c(Br)c1. The number of ether oxygens (including phenoxy) is 1. The molecule has 1 N–H and O–H groups in total. The number of hydrogen-bond donors (Lipinski definition) is 1. The van der Waals surface area contributed by atoms with Crippen LogP contribution in [0, 0.1) is 0 Å². The first kappa shape index (κ1) is 18.5. The van der Waals surface area contributed by atoms with Crippen molar-refractivity contribution in [1.29, 1.82) is 0 Å². The van der Waals surface area contributed by atoms with Gasteiger partial charge in [-0.15, -0.1) is 0 Å². The zero-order chi connectivity index (χ0) is 17.5. The molecule has 0 bridgehead atoms. The van der Waals surface area contributed by atoms with Gasteiger partial charge in [0.05, 0.1) is 10.7 Å². The summed E-state index contributed by atoms with van der Waals surface area (Å²) in [6.45, 7) is 4.12. The molecule has 0 saturated carbocycles. The van der Waals surface area contributed by atoms with Gasteiger partial charge in [0.25, 0.3) is 5.91 Å². The Kier molecular flexibility index (Phi) is 6.82. The second-order valence-corrected chi connectivity index (χ2v) is 6.77. The van der Waals surface area contributed by atoms with E-state index in [1.54, 1.807) is 12.1 Å². The van der Waals surface area contributed by atoms with Crippen LogP contribution in [-0.4, -0.2) is 18.7 Å². The second kappa shape index (κ2) is 8.85. The van der Waals surface area contributed by atoms with Crippen LogP contribution in [0.15, 0.2) is 52.0 Å². The van der Waals surface area contributed by atoms with Crippen molar-refractivity contribution in [2.75, 3.05) is 6.61 Å². The summed E-state index contributed by atoms with van der Waals surface area (Å²) in [5, 5.41) is 4.49. The van der Waals surface area contributed by atoms with Crippen LogP contribution in [-0.2, 0) is 4.79 Å². The molecule has 0 fully saturated rings. The summed E-state index contributed by atoms with van der Waals surface area (Å²) < 4.78 is 6.32. The van der Waals surface area contributed by atoms with Crippen LogP contribution in [0.1, 0.15) is 30.9 Å². The van der Waals surface area contributed by atoms with Gasteiger partial charge in [0.15, 0.2) is 6.61 Å². The average Bonchev–Trinajstić information content (AvgIpc) is 2.53. The molecule has 24 heavy (non-hydrogen) atoms. The Labute approximate surface area is 155 Å². The van der Waals surface area contributed by atoms with E-state index in [1.165, 1.54) is 11.8 Å². The van der Waals surface area contributed by atoms with E-state index < -0.39 is 0 Å². The van der Waals surface area contributed by atoms with E-state index in [0.717, 1.165) is 10.0 Å². The first-order valence-electron chi connectivity index (χ1n) is 7.45. The molecule has 0 aliphatic rings. The number of benzene rings is 2. The summed E-state index contributed by atoms with van der Waals surface area (Å²) >= 11 is 9.33. The number of hydrogen-bond acceptors (Lipinski definition) is 3. The van der Waals surface area contributed by atoms with Crippen molar-refractivity contribution in [1.82, 2.24) is 5.43 Å². The lowest BCUT2D eigenvalue weighted by molar-refractivity contribution is -0.123. The zero-order valence-corrected chi connectivity index (χ0v) is 15.8. The Hall–Kier alpha value is -1.85. The number of nitrogens with one attached hydrogen (secondary N) is 1. The zero-order valence-electron chi connectivity index (χ0n) is 13.4. The molecule has 126 valence electrons. The normalized spacial score (nSPS) is 11.0. The van der Waals surface area contributed by atoms with Gasteiger partial charge in [0, 0.05) is 5.02 Å².